The lowest BCUT2D eigenvalue weighted by molar-refractivity contribution is -0.146. The van der Waals surface area contributed by atoms with Gasteiger partial charge in [0.15, 0.2) is 6.10 Å². The third kappa shape index (κ3) is 7.24. The monoisotopic (exact) mass is 275 g/mol. The Hall–Kier alpha value is -1.83. The van der Waals surface area contributed by atoms with Crippen LogP contribution < -0.4 is 10.6 Å². The van der Waals surface area contributed by atoms with Crippen molar-refractivity contribution < 1.29 is 24.6 Å². The summed E-state index contributed by atoms with van der Waals surface area (Å²) in [5, 5.41) is 21.9. The number of aliphatic hydroxyl groups excluding tert-OH is 1. The van der Waals surface area contributed by atoms with Gasteiger partial charge >= 0.3 is 12.0 Å². The van der Waals surface area contributed by atoms with Crippen LogP contribution in [0.15, 0.2) is 0 Å². The van der Waals surface area contributed by atoms with Crippen LogP contribution in [0.4, 0.5) is 4.79 Å². The van der Waals surface area contributed by atoms with E-state index in [-0.39, 0.29) is 25.4 Å². The number of aliphatic hydroxyl groups is 1. The number of aliphatic carboxylic acids is 1. The van der Waals surface area contributed by atoms with Crippen molar-refractivity contribution in [2.75, 3.05) is 26.2 Å². The van der Waals surface area contributed by atoms with Gasteiger partial charge in [-0.2, -0.15) is 0 Å². The van der Waals surface area contributed by atoms with Crippen LogP contribution in [0.3, 0.4) is 0 Å². The predicted molar refractivity (Wildman–Crippen MR) is 67.6 cm³/mol. The smallest absolute Gasteiger partial charge is 0.334 e. The Labute approximate surface area is 111 Å². The second kappa shape index (κ2) is 9.15. The number of carboxylic acids is 1. The van der Waals surface area contributed by atoms with E-state index in [1.807, 2.05) is 13.8 Å². The van der Waals surface area contributed by atoms with Gasteiger partial charge in [-0.25, -0.2) is 9.59 Å². The lowest BCUT2D eigenvalue weighted by Gasteiger charge is -2.18. The summed E-state index contributed by atoms with van der Waals surface area (Å²) in [7, 11) is 0. The molecular weight excluding hydrogens is 254 g/mol. The van der Waals surface area contributed by atoms with Crippen molar-refractivity contribution in [2.24, 2.45) is 0 Å². The van der Waals surface area contributed by atoms with Crippen LogP contribution in [0.2, 0.25) is 0 Å². The van der Waals surface area contributed by atoms with Crippen molar-refractivity contribution >= 4 is 17.9 Å². The van der Waals surface area contributed by atoms with Crippen LogP contribution in [0, 0.1) is 0 Å². The van der Waals surface area contributed by atoms with E-state index in [2.05, 4.69) is 10.6 Å². The highest BCUT2D eigenvalue weighted by atomic mass is 16.4. The first-order chi connectivity index (χ1) is 8.92. The fourth-order valence-corrected chi connectivity index (χ4v) is 1.36. The number of amides is 3. The van der Waals surface area contributed by atoms with Crippen molar-refractivity contribution in [1.82, 2.24) is 15.5 Å². The highest BCUT2D eigenvalue weighted by molar-refractivity contribution is 5.79. The number of hydrogen-bond donors (Lipinski definition) is 4. The lowest BCUT2D eigenvalue weighted by Crippen LogP contribution is -2.43. The largest absolute Gasteiger partial charge is 0.479 e. The van der Waals surface area contributed by atoms with Crippen molar-refractivity contribution in [2.45, 2.75) is 26.4 Å². The zero-order valence-corrected chi connectivity index (χ0v) is 11.2. The summed E-state index contributed by atoms with van der Waals surface area (Å²) in [5.41, 5.74) is 0. The average molecular weight is 275 g/mol. The lowest BCUT2D eigenvalue weighted by atomic mass is 10.3. The second-order valence-electron chi connectivity index (χ2n) is 3.81. The minimum atomic E-state index is -1.64. The highest BCUT2D eigenvalue weighted by Crippen LogP contribution is 1.92. The van der Waals surface area contributed by atoms with E-state index in [4.69, 9.17) is 10.2 Å². The molecule has 8 nitrogen and oxygen atoms in total. The Morgan fingerprint density at radius 3 is 2.21 bits per heavy atom. The molecule has 0 aromatic rings. The molecule has 0 aromatic heterocycles. The molecule has 0 bridgehead atoms. The summed E-state index contributed by atoms with van der Waals surface area (Å²) in [4.78, 5) is 34.7. The molecule has 0 spiro atoms. The Kier molecular flexibility index (Phi) is 8.27. The molecule has 0 fully saturated rings. The van der Waals surface area contributed by atoms with Crippen LogP contribution in [0.1, 0.15) is 20.3 Å². The summed E-state index contributed by atoms with van der Waals surface area (Å²) in [5.74, 6) is -1.46. The van der Waals surface area contributed by atoms with Gasteiger partial charge in [0.1, 0.15) is 0 Å². The zero-order valence-electron chi connectivity index (χ0n) is 11.2. The minimum Gasteiger partial charge on any atom is -0.479 e. The molecule has 3 amide bonds. The number of carbonyl (C=O) groups is 3. The Bertz CT molecular complexity index is 317. The molecule has 110 valence electrons. The van der Waals surface area contributed by atoms with Gasteiger partial charge in [0.25, 0.3) is 0 Å². The molecule has 0 unspecified atom stereocenters. The summed E-state index contributed by atoms with van der Waals surface area (Å²) in [6.07, 6.45) is -1.46. The maximum absolute atomic E-state index is 11.6. The summed E-state index contributed by atoms with van der Waals surface area (Å²) in [6.45, 7) is 4.75. The van der Waals surface area contributed by atoms with E-state index in [1.54, 1.807) is 4.90 Å². The van der Waals surface area contributed by atoms with Gasteiger partial charge in [0.05, 0.1) is 6.54 Å². The number of nitrogens with zero attached hydrogens (tertiary/aromatic N) is 1. The van der Waals surface area contributed by atoms with Gasteiger partial charge < -0.3 is 25.7 Å². The maximum atomic E-state index is 11.6. The molecular formula is C11H21N3O5. The molecule has 0 saturated carbocycles. The number of carboxylic acid groups (broad SMARTS) is 1. The first kappa shape index (κ1) is 17.2. The van der Waals surface area contributed by atoms with Gasteiger partial charge in [-0.05, 0) is 13.8 Å². The van der Waals surface area contributed by atoms with Crippen molar-refractivity contribution in [1.29, 1.82) is 0 Å². The van der Waals surface area contributed by atoms with Crippen molar-refractivity contribution in [3.63, 3.8) is 0 Å². The van der Waals surface area contributed by atoms with Gasteiger partial charge in [-0.15, -0.1) is 0 Å². The van der Waals surface area contributed by atoms with Gasteiger partial charge in [-0.3, -0.25) is 4.79 Å². The van der Waals surface area contributed by atoms with Crippen molar-refractivity contribution in [3.8, 4) is 0 Å². The van der Waals surface area contributed by atoms with Gasteiger partial charge in [0.2, 0.25) is 5.91 Å². The normalized spacial score (nSPS) is 11.5. The number of urea groups is 1. The molecule has 8 heteroatoms. The maximum Gasteiger partial charge on any atom is 0.334 e. The van der Waals surface area contributed by atoms with E-state index >= 15 is 0 Å². The average Bonchev–Trinajstić information content (AvgIpc) is 2.37. The van der Waals surface area contributed by atoms with Crippen LogP contribution in [-0.4, -0.2) is 65.3 Å². The highest BCUT2D eigenvalue weighted by Gasteiger charge is 2.14. The first-order valence-electron chi connectivity index (χ1n) is 6.12. The van der Waals surface area contributed by atoms with E-state index in [1.165, 1.54) is 0 Å². The standard InChI is InChI=1S/C11H21N3O5/c1-3-14(4-2)9(16)5-6-12-11(19)13-7-8(15)10(17)18/h8,15H,3-7H2,1-2H3,(H,17,18)(H2,12,13,19)/t8-/m0/s1. The topological polar surface area (TPSA) is 119 Å². The second-order valence-corrected chi connectivity index (χ2v) is 3.81. The molecule has 0 aliphatic rings. The molecule has 0 radical (unpaired) electrons. The van der Waals surface area contributed by atoms with Crippen molar-refractivity contribution in [3.05, 3.63) is 0 Å². The fraction of sp³-hybridized carbons (Fsp3) is 0.727. The summed E-state index contributed by atoms with van der Waals surface area (Å²) in [6, 6.07) is -0.618. The minimum absolute atomic E-state index is 0.0594. The number of rotatable bonds is 8. The van der Waals surface area contributed by atoms with E-state index in [0.29, 0.717) is 13.1 Å². The molecule has 19 heavy (non-hydrogen) atoms. The Morgan fingerprint density at radius 2 is 1.74 bits per heavy atom. The summed E-state index contributed by atoms with van der Waals surface area (Å²) >= 11 is 0. The third-order valence-corrected chi connectivity index (χ3v) is 2.48. The number of nitrogens with one attached hydrogen (secondary N) is 2. The van der Waals surface area contributed by atoms with Gasteiger partial charge in [-0.1, -0.05) is 0 Å². The molecule has 0 aliphatic heterocycles. The molecule has 0 aromatic carbocycles. The first-order valence-corrected chi connectivity index (χ1v) is 6.12. The SMILES string of the molecule is CCN(CC)C(=O)CCNC(=O)NC[C@H](O)C(=O)O. The molecule has 0 heterocycles. The van der Waals surface area contributed by atoms with Crippen LogP contribution >= 0.6 is 0 Å². The Balaban J connectivity index is 3.80. The van der Waals surface area contributed by atoms with E-state index in [0.717, 1.165) is 0 Å². The van der Waals surface area contributed by atoms with Crippen LogP contribution in [-0.2, 0) is 9.59 Å². The third-order valence-electron chi connectivity index (χ3n) is 2.48. The van der Waals surface area contributed by atoms with Crippen LogP contribution in [0.25, 0.3) is 0 Å². The van der Waals surface area contributed by atoms with Crippen LogP contribution in [0.5, 0.6) is 0 Å². The van der Waals surface area contributed by atoms with E-state index < -0.39 is 18.1 Å². The molecule has 4 N–H and O–H groups in total. The predicted octanol–water partition coefficient (Wildman–Crippen LogP) is -1.01. The molecule has 0 saturated heterocycles. The molecule has 1 atom stereocenters. The zero-order chi connectivity index (χ0) is 14.8. The molecule has 0 aliphatic carbocycles. The number of carbonyl (C=O) groups excluding carboxylic acids is 2. The quantitative estimate of drug-likeness (QED) is 0.452. The Morgan fingerprint density at radius 1 is 1.16 bits per heavy atom. The van der Waals surface area contributed by atoms with Gasteiger partial charge in [0, 0.05) is 26.1 Å². The van der Waals surface area contributed by atoms with E-state index in [9.17, 15) is 14.4 Å². The summed E-state index contributed by atoms with van der Waals surface area (Å²) < 4.78 is 0. The fourth-order valence-electron chi connectivity index (χ4n) is 1.36. The number of hydrogen-bond acceptors (Lipinski definition) is 4. The molecule has 0 rings (SSSR count).